The molecule has 0 aliphatic carbocycles. The minimum absolute atomic E-state index is 0.128. The average Bonchev–Trinajstić information content (AvgIpc) is 3.47. The van der Waals surface area contributed by atoms with Gasteiger partial charge in [0, 0.05) is 5.56 Å². The van der Waals surface area contributed by atoms with Crippen molar-refractivity contribution in [2.75, 3.05) is 0 Å². The Morgan fingerprint density at radius 2 is 1.74 bits per heavy atom. The van der Waals surface area contributed by atoms with Crippen LogP contribution in [0.2, 0.25) is 0 Å². The van der Waals surface area contributed by atoms with Crippen LogP contribution in [0.25, 0.3) is 25.9 Å². The van der Waals surface area contributed by atoms with E-state index in [4.69, 9.17) is 0 Å². The molecule has 0 aliphatic heterocycles. The molecular formula is C22H12F2N2O3S2. The summed E-state index contributed by atoms with van der Waals surface area (Å²) >= 11 is 2.41. The second-order valence-corrected chi connectivity index (χ2v) is 8.61. The Labute approximate surface area is 182 Å². The minimum Gasteiger partial charge on any atom is -0.503 e. The van der Waals surface area contributed by atoms with Crippen LogP contribution in [0.15, 0.2) is 60.0 Å². The minimum atomic E-state index is -0.608. The monoisotopic (exact) mass is 454 g/mol. The van der Waals surface area contributed by atoms with Crippen molar-refractivity contribution >= 4 is 38.7 Å². The number of nitrogens with zero attached hydrogens (tertiary/aromatic N) is 2. The number of ketones is 1. The van der Waals surface area contributed by atoms with Crippen molar-refractivity contribution in [3.05, 3.63) is 82.7 Å². The first kappa shape index (κ1) is 19.4. The Bertz CT molecular complexity index is 1440. The van der Waals surface area contributed by atoms with Crippen molar-refractivity contribution in [2.24, 2.45) is 0 Å². The summed E-state index contributed by atoms with van der Waals surface area (Å²) in [6.07, 6.45) is 0. The zero-order chi connectivity index (χ0) is 21.7. The number of benzene rings is 2. The summed E-state index contributed by atoms with van der Waals surface area (Å²) in [6.45, 7) is 0. The van der Waals surface area contributed by atoms with Crippen molar-refractivity contribution < 1.29 is 23.8 Å². The first-order valence-corrected chi connectivity index (χ1v) is 10.7. The van der Waals surface area contributed by atoms with E-state index in [1.165, 1.54) is 46.2 Å². The fourth-order valence-corrected chi connectivity index (χ4v) is 5.09. The van der Waals surface area contributed by atoms with Crippen LogP contribution in [0, 0.1) is 11.6 Å². The molecule has 5 nitrogen and oxygen atoms in total. The fraction of sp³-hybridized carbons (Fsp3) is 0. The topological polar surface area (TPSA) is 75.3 Å². The third-order valence-corrected chi connectivity index (χ3v) is 6.62. The van der Waals surface area contributed by atoms with Gasteiger partial charge < -0.3 is 10.2 Å². The summed E-state index contributed by atoms with van der Waals surface area (Å²) in [5, 5.41) is 23.5. The molecule has 0 bridgehead atoms. The third kappa shape index (κ3) is 3.18. The van der Waals surface area contributed by atoms with Gasteiger partial charge in [-0.1, -0.05) is 17.4 Å². The van der Waals surface area contributed by atoms with Gasteiger partial charge in [-0.25, -0.2) is 13.8 Å². The second kappa shape index (κ2) is 7.29. The molecule has 0 radical (unpaired) electrons. The molecule has 3 heterocycles. The van der Waals surface area contributed by atoms with Gasteiger partial charge in [0.05, 0.1) is 26.4 Å². The Hall–Kier alpha value is -3.56. The van der Waals surface area contributed by atoms with Crippen molar-refractivity contribution in [1.82, 2.24) is 9.55 Å². The standard InChI is InChI=1S/C22H12F2N2O3S2/c23-12-5-3-11(4-6-12)19(27)17-18(15-2-1-9-30-15)26(21(29)20(17)28)22-25-14-8-7-13(24)10-16(14)31-22/h1-10,28-29H. The summed E-state index contributed by atoms with van der Waals surface area (Å²) < 4.78 is 28.8. The lowest BCUT2D eigenvalue weighted by molar-refractivity contribution is 0.103. The molecule has 3 aromatic heterocycles. The van der Waals surface area contributed by atoms with Crippen LogP contribution in [0.5, 0.6) is 11.6 Å². The van der Waals surface area contributed by atoms with Gasteiger partial charge in [-0.05, 0) is 53.9 Å². The number of hydrogen-bond donors (Lipinski definition) is 2. The van der Waals surface area contributed by atoms with Gasteiger partial charge in [0.2, 0.25) is 5.88 Å². The molecule has 0 amide bonds. The third-order valence-electron chi connectivity index (χ3n) is 4.74. The zero-order valence-corrected chi connectivity index (χ0v) is 17.2. The number of hydrogen-bond acceptors (Lipinski definition) is 6. The highest BCUT2D eigenvalue weighted by Gasteiger charge is 2.31. The molecule has 0 atom stereocenters. The molecule has 31 heavy (non-hydrogen) atoms. The van der Waals surface area contributed by atoms with Gasteiger partial charge in [-0.3, -0.25) is 9.36 Å². The van der Waals surface area contributed by atoms with E-state index in [0.717, 1.165) is 23.5 Å². The largest absolute Gasteiger partial charge is 0.503 e. The number of rotatable bonds is 4. The van der Waals surface area contributed by atoms with E-state index in [1.807, 2.05) is 0 Å². The van der Waals surface area contributed by atoms with Crippen LogP contribution in [0.1, 0.15) is 15.9 Å². The molecule has 0 saturated heterocycles. The maximum atomic E-state index is 13.6. The summed E-state index contributed by atoms with van der Waals surface area (Å²) in [7, 11) is 0. The smallest absolute Gasteiger partial charge is 0.242 e. The molecule has 2 aromatic carbocycles. The number of halogens is 2. The predicted molar refractivity (Wildman–Crippen MR) is 115 cm³/mol. The predicted octanol–water partition coefficient (Wildman–Crippen LogP) is 5.74. The van der Waals surface area contributed by atoms with E-state index in [2.05, 4.69) is 4.98 Å². The lowest BCUT2D eigenvalue weighted by Crippen LogP contribution is -2.04. The first-order chi connectivity index (χ1) is 14.9. The van der Waals surface area contributed by atoms with Crippen molar-refractivity contribution in [3.63, 3.8) is 0 Å². The van der Waals surface area contributed by atoms with E-state index in [9.17, 15) is 23.8 Å². The Morgan fingerprint density at radius 3 is 2.45 bits per heavy atom. The number of thiophene rings is 1. The summed E-state index contributed by atoms with van der Waals surface area (Å²) in [4.78, 5) is 18.3. The number of aromatic hydroxyl groups is 2. The van der Waals surface area contributed by atoms with E-state index in [-0.39, 0.29) is 22.0 Å². The molecule has 0 saturated carbocycles. The molecule has 5 aromatic rings. The SMILES string of the molecule is O=C(c1ccc(F)cc1)c1c(O)c(O)n(-c2nc3ccc(F)cc3s2)c1-c1cccs1. The van der Waals surface area contributed by atoms with Gasteiger partial charge in [0.25, 0.3) is 0 Å². The van der Waals surface area contributed by atoms with Gasteiger partial charge in [0.15, 0.2) is 16.7 Å². The fourth-order valence-electron chi connectivity index (χ4n) is 3.32. The normalized spacial score (nSPS) is 11.3. The van der Waals surface area contributed by atoms with E-state index < -0.39 is 29.0 Å². The lowest BCUT2D eigenvalue weighted by Gasteiger charge is -2.07. The second-order valence-electron chi connectivity index (χ2n) is 6.65. The number of thiazole rings is 1. The summed E-state index contributed by atoms with van der Waals surface area (Å²) in [5.74, 6) is -2.67. The Kier molecular flexibility index (Phi) is 4.57. The number of carbonyl (C=O) groups excluding carboxylic acids is 1. The van der Waals surface area contributed by atoms with Crippen LogP contribution < -0.4 is 0 Å². The number of aromatic nitrogens is 2. The van der Waals surface area contributed by atoms with Crippen molar-refractivity contribution in [2.45, 2.75) is 0 Å². The van der Waals surface area contributed by atoms with Gasteiger partial charge >= 0.3 is 0 Å². The van der Waals surface area contributed by atoms with Gasteiger partial charge in [-0.2, -0.15) is 0 Å². The van der Waals surface area contributed by atoms with Crippen LogP contribution >= 0.6 is 22.7 Å². The summed E-state index contributed by atoms with van der Waals surface area (Å²) in [6, 6.07) is 12.5. The molecule has 9 heteroatoms. The molecule has 0 spiro atoms. The Balaban J connectivity index is 1.78. The van der Waals surface area contributed by atoms with Crippen LogP contribution in [-0.2, 0) is 0 Å². The zero-order valence-electron chi connectivity index (χ0n) is 15.5. The maximum absolute atomic E-state index is 13.6. The average molecular weight is 454 g/mol. The highest BCUT2D eigenvalue weighted by Crippen LogP contribution is 2.46. The van der Waals surface area contributed by atoms with Crippen LogP contribution in [-0.4, -0.2) is 25.5 Å². The molecule has 0 aliphatic rings. The van der Waals surface area contributed by atoms with E-state index in [1.54, 1.807) is 17.5 Å². The quantitative estimate of drug-likeness (QED) is 0.340. The molecule has 0 unspecified atom stereocenters. The molecule has 2 N–H and O–H groups in total. The molecule has 154 valence electrons. The van der Waals surface area contributed by atoms with E-state index in [0.29, 0.717) is 15.1 Å². The van der Waals surface area contributed by atoms with Crippen LogP contribution in [0.4, 0.5) is 8.78 Å². The number of fused-ring (bicyclic) bond motifs is 1. The first-order valence-electron chi connectivity index (χ1n) is 9.01. The van der Waals surface area contributed by atoms with E-state index >= 15 is 0 Å². The molecular weight excluding hydrogens is 442 g/mol. The highest BCUT2D eigenvalue weighted by molar-refractivity contribution is 7.20. The van der Waals surface area contributed by atoms with Crippen LogP contribution in [0.3, 0.4) is 0 Å². The number of carbonyl (C=O) groups is 1. The Morgan fingerprint density at radius 1 is 1.00 bits per heavy atom. The highest BCUT2D eigenvalue weighted by atomic mass is 32.1. The molecule has 5 rings (SSSR count). The van der Waals surface area contributed by atoms with Gasteiger partial charge in [-0.15, -0.1) is 11.3 Å². The summed E-state index contributed by atoms with van der Waals surface area (Å²) in [5.41, 5.74) is 0.784. The molecule has 0 fully saturated rings. The lowest BCUT2D eigenvalue weighted by atomic mass is 10.0. The van der Waals surface area contributed by atoms with Gasteiger partial charge in [0.1, 0.15) is 11.6 Å². The van der Waals surface area contributed by atoms with Crippen molar-refractivity contribution in [1.29, 1.82) is 0 Å². The maximum Gasteiger partial charge on any atom is 0.242 e. The van der Waals surface area contributed by atoms with Crippen molar-refractivity contribution in [3.8, 4) is 27.3 Å².